The minimum Gasteiger partial charge on any atom is -0.478 e. The summed E-state index contributed by atoms with van der Waals surface area (Å²) in [7, 11) is 0. The number of rotatable bonds is 3. The van der Waals surface area contributed by atoms with Gasteiger partial charge in [-0.2, -0.15) is 5.10 Å². The molecule has 0 aliphatic rings. The van der Waals surface area contributed by atoms with Gasteiger partial charge in [-0.25, -0.2) is 9.31 Å². The van der Waals surface area contributed by atoms with E-state index in [0.717, 1.165) is 16.8 Å². The number of nitrogens with zero attached hydrogens (tertiary/aromatic N) is 2. The molecular weight excluding hydrogens is 306 g/mol. The zero-order valence-electron chi connectivity index (χ0n) is 12.6. The highest BCUT2D eigenvalue weighted by atomic mass is 16.4. The summed E-state index contributed by atoms with van der Waals surface area (Å²) >= 11 is 0. The van der Waals surface area contributed by atoms with Gasteiger partial charge >= 0.3 is 5.97 Å². The van der Waals surface area contributed by atoms with E-state index in [2.05, 4.69) is 10.1 Å². The zero-order chi connectivity index (χ0) is 16.7. The van der Waals surface area contributed by atoms with Crippen molar-refractivity contribution in [3.63, 3.8) is 0 Å². The molecule has 0 fully saturated rings. The molecule has 0 unspecified atom stereocenters. The summed E-state index contributed by atoms with van der Waals surface area (Å²) in [5, 5.41) is 14.2. The Bertz CT molecular complexity index is 1140. The van der Waals surface area contributed by atoms with Crippen molar-refractivity contribution in [2.45, 2.75) is 6.42 Å². The normalized spacial score (nSPS) is 11.2. The molecule has 4 aromatic rings. The zero-order valence-corrected chi connectivity index (χ0v) is 12.6. The van der Waals surface area contributed by atoms with Gasteiger partial charge in [0.2, 0.25) is 0 Å². The van der Waals surface area contributed by atoms with Gasteiger partial charge in [0, 0.05) is 12.5 Å². The summed E-state index contributed by atoms with van der Waals surface area (Å²) < 4.78 is 1.70. The number of aromatic nitrogens is 3. The third-order valence-electron chi connectivity index (χ3n) is 3.94. The summed E-state index contributed by atoms with van der Waals surface area (Å²) in [6.07, 6.45) is 0.485. The predicted molar refractivity (Wildman–Crippen MR) is 89.5 cm³/mol. The van der Waals surface area contributed by atoms with E-state index < -0.39 is 5.97 Å². The highest BCUT2D eigenvalue weighted by molar-refractivity contribution is 5.87. The Morgan fingerprint density at radius 3 is 2.79 bits per heavy atom. The number of nitrogens with one attached hydrogen (secondary N) is 1. The molecule has 2 aromatic carbocycles. The Labute approximate surface area is 136 Å². The lowest BCUT2D eigenvalue weighted by Crippen LogP contribution is -2.09. The molecular formula is C18H13N3O3. The fourth-order valence-corrected chi connectivity index (χ4v) is 2.85. The monoisotopic (exact) mass is 319 g/mol. The van der Waals surface area contributed by atoms with Gasteiger partial charge < -0.3 is 10.1 Å². The summed E-state index contributed by atoms with van der Waals surface area (Å²) in [5.41, 5.74) is 3.05. The molecule has 0 radical (unpaired) electrons. The number of benzene rings is 2. The molecule has 118 valence electrons. The Morgan fingerprint density at radius 1 is 1.12 bits per heavy atom. The Kier molecular flexibility index (Phi) is 3.16. The average molecular weight is 319 g/mol. The Balaban J connectivity index is 1.81. The van der Waals surface area contributed by atoms with Gasteiger partial charge in [0.15, 0.2) is 0 Å². The van der Waals surface area contributed by atoms with E-state index in [1.54, 1.807) is 34.8 Å². The second-order valence-electron chi connectivity index (χ2n) is 5.59. The van der Waals surface area contributed by atoms with Crippen LogP contribution in [0.5, 0.6) is 0 Å². The number of fused-ring (bicyclic) bond motifs is 3. The Morgan fingerprint density at radius 2 is 1.96 bits per heavy atom. The van der Waals surface area contributed by atoms with Crippen molar-refractivity contribution in [1.82, 2.24) is 14.6 Å². The van der Waals surface area contributed by atoms with Crippen molar-refractivity contribution in [2.24, 2.45) is 0 Å². The van der Waals surface area contributed by atoms with Crippen LogP contribution in [-0.2, 0) is 6.42 Å². The lowest BCUT2D eigenvalue weighted by atomic mass is 10.1. The van der Waals surface area contributed by atoms with Crippen LogP contribution in [-0.4, -0.2) is 25.7 Å². The van der Waals surface area contributed by atoms with Gasteiger partial charge in [-0.1, -0.05) is 24.3 Å². The maximum Gasteiger partial charge on any atom is 0.335 e. The van der Waals surface area contributed by atoms with Crippen molar-refractivity contribution in [2.75, 3.05) is 0 Å². The van der Waals surface area contributed by atoms with E-state index in [1.165, 1.54) is 0 Å². The number of carbonyl (C=O) groups is 1. The Hall–Kier alpha value is -3.41. The number of para-hydroxylation sites is 1. The van der Waals surface area contributed by atoms with Crippen molar-refractivity contribution in [1.29, 1.82) is 0 Å². The quantitative estimate of drug-likeness (QED) is 0.607. The highest BCUT2D eigenvalue weighted by Gasteiger charge is 2.10. The van der Waals surface area contributed by atoms with Gasteiger partial charge in [-0.05, 0) is 29.8 Å². The largest absolute Gasteiger partial charge is 0.478 e. The van der Waals surface area contributed by atoms with Crippen molar-refractivity contribution >= 4 is 22.5 Å². The highest BCUT2D eigenvalue weighted by Crippen LogP contribution is 2.15. The first-order valence-electron chi connectivity index (χ1n) is 7.44. The van der Waals surface area contributed by atoms with E-state index in [1.807, 2.05) is 24.3 Å². The van der Waals surface area contributed by atoms with Crippen LogP contribution in [0, 0.1) is 0 Å². The SMILES string of the molecule is O=C(O)c1cccc(Cc2cc3[nH]c(=O)c4ccccc4n3n2)c1. The maximum atomic E-state index is 12.1. The summed E-state index contributed by atoms with van der Waals surface area (Å²) in [5.74, 6) is -0.956. The molecule has 0 spiro atoms. The van der Waals surface area contributed by atoms with E-state index in [9.17, 15) is 9.59 Å². The molecule has 6 nitrogen and oxygen atoms in total. The smallest absolute Gasteiger partial charge is 0.335 e. The third-order valence-corrected chi connectivity index (χ3v) is 3.94. The van der Waals surface area contributed by atoms with Crippen LogP contribution < -0.4 is 5.56 Å². The van der Waals surface area contributed by atoms with Crippen LogP contribution in [0.25, 0.3) is 16.6 Å². The molecule has 0 aliphatic heterocycles. The lowest BCUT2D eigenvalue weighted by molar-refractivity contribution is 0.0696. The van der Waals surface area contributed by atoms with Gasteiger partial charge in [-0.15, -0.1) is 0 Å². The number of aromatic carboxylic acids is 1. The first kappa shape index (κ1) is 14.2. The van der Waals surface area contributed by atoms with Crippen molar-refractivity contribution in [3.05, 3.63) is 81.8 Å². The van der Waals surface area contributed by atoms with Gasteiger partial charge in [-0.3, -0.25) is 4.79 Å². The second kappa shape index (κ2) is 5.34. The van der Waals surface area contributed by atoms with Crippen molar-refractivity contribution < 1.29 is 9.90 Å². The first-order chi connectivity index (χ1) is 11.6. The third kappa shape index (κ3) is 2.34. The summed E-state index contributed by atoms with van der Waals surface area (Å²) in [6.45, 7) is 0. The molecule has 0 aliphatic carbocycles. The molecule has 6 heteroatoms. The van der Waals surface area contributed by atoms with Crippen LogP contribution in [0.3, 0.4) is 0 Å². The van der Waals surface area contributed by atoms with E-state index in [4.69, 9.17) is 5.11 Å². The molecule has 0 saturated carbocycles. The molecule has 0 atom stereocenters. The molecule has 0 amide bonds. The standard InChI is InChI=1S/C18H13N3O3/c22-17-14-6-1-2-7-15(14)21-16(19-17)10-13(20-21)9-11-4-3-5-12(8-11)18(23)24/h1-8,10H,9H2,(H,19,22)(H,23,24). The van der Waals surface area contributed by atoms with Crippen molar-refractivity contribution in [3.8, 4) is 0 Å². The molecule has 24 heavy (non-hydrogen) atoms. The maximum absolute atomic E-state index is 12.1. The van der Waals surface area contributed by atoms with Crippen LogP contribution in [0.1, 0.15) is 21.6 Å². The predicted octanol–water partition coefficient (Wildman–Crippen LogP) is 2.46. The number of hydrogen-bond acceptors (Lipinski definition) is 3. The molecule has 0 bridgehead atoms. The van der Waals surface area contributed by atoms with Crippen LogP contribution in [0.15, 0.2) is 59.4 Å². The van der Waals surface area contributed by atoms with Gasteiger partial charge in [0.1, 0.15) is 5.65 Å². The van der Waals surface area contributed by atoms with E-state index in [0.29, 0.717) is 17.5 Å². The fourth-order valence-electron chi connectivity index (χ4n) is 2.85. The van der Waals surface area contributed by atoms with E-state index in [-0.39, 0.29) is 11.1 Å². The summed E-state index contributed by atoms with van der Waals surface area (Å²) in [6, 6.07) is 15.8. The van der Waals surface area contributed by atoms with Gasteiger partial charge in [0.05, 0.1) is 22.2 Å². The van der Waals surface area contributed by atoms with Gasteiger partial charge in [0.25, 0.3) is 5.56 Å². The first-order valence-corrected chi connectivity index (χ1v) is 7.44. The number of carboxylic acid groups (broad SMARTS) is 1. The number of aromatic amines is 1. The molecule has 4 rings (SSSR count). The topological polar surface area (TPSA) is 87.5 Å². The minimum atomic E-state index is -0.956. The summed E-state index contributed by atoms with van der Waals surface area (Å²) in [4.78, 5) is 26.0. The molecule has 2 aromatic heterocycles. The molecule has 0 saturated heterocycles. The van der Waals surface area contributed by atoms with Crippen LogP contribution in [0.2, 0.25) is 0 Å². The number of H-pyrrole nitrogens is 1. The molecule has 2 heterocycles. The van der Waals surface area contributed by atoms with Crippen LogP contribution >= 0.6 is 0 Å². The van der Waals surface area contributed by atoms with E-state index >= 15 is 0 Å². The molecule has 2 N–H and O–H groups in total. The number of hydrogen-bond donors (Lipinski definition) is 2. The fraction of sp³-hybridized carbons (Fsp3) is 0.0556. The second-order valence-corrected chi connectivity index (χ2v) is 5.59. The average Bonchev–Trinajstić information content (AvgIpc) is 2.98. The van der Waals surface area contributed by atoms with Crippen LogP contribution in [0.4, 0.5) is 0 Å². The number of carboxylic acids is 1. The minimum absolute atomic E-state index is 0.155. The lowest BCUT2D eigenvalue weighted by Gasteiger charge is -2.00.